The second-order valence-corrected chi connectivity index (χ2v) is 6.38. The molecule has 0 amide bonds. The molecule has 0 radical (unpaired) electrons. The summed E-state index contributed by atoms with van der Waals surface area (Å²) in [5.74, 6) is 0.880. The predicted octanol–water partition coefficient (Wildman–Crippen LogP) is 2.98. The van der Waals surface area contributed by atoms with Crippen LogP contribution in [0.25, 0.3) is 0 Å². The van der Waals surface area contributed by atoms with Gasteiger partial charge >= 0.3 is 0 Å². The Kier molecular flexibility index (Phi) is 5.30. The van der Waals surface area contributed by atoms with Crippen LogP contribution in [-0.4, -0.2) is 48.6 Å². The van der Waals surface area contributed by atoms with Crippen LogP contribution >= 0.6 is 0 Å². The molecule has 2 saturated heterocycles. The number of nitrogens with zero attached hydrogens (tertiary/aromatic N) is 2. The van der Waals surface area contributed by atoms with Crippen molar-refractivity contribution in [3.05, 3.63) is 0 Å². The number of fused-ring (bicyclic) bond motifs is 1. The van der Waals surface area contributed by atoms with Gasteiger partial charge in [0, 0.05) is 25.7 Å². The van der Waals surface area contributed by atoms with E-state index in [-0.39, 0.29) is 0 Å². The molecule has 2 heteroatoms. The van der Waals surface area contributed by atoms with Gasteiger partial charge in [0.25, 0.3) is 0 Å². The lowest BCUT2D eigenvalue weighted by atomic mass is 9.99. The van der Waals surface area contributed by atoms with E-state index in [4.69, 9.17) is 0 Å². The van der Waals surface area contributed by atoms with Gasteiger partial charge in [0.05, 0.1) is 0 Å². The molecule has 0 spiro atoms. The Balaban J connectivity index is 1.62. The minimum absolute atomic E-state index is 0.880. The monoisotopic (exact) mass is 238 g/mol. The van der Waals surface area contributed by atoms with Gasteiger partial charge in [0.15, 0.2) is 0 Å². The van der Waals surface area contributed by atoms with Gasteiger partial charge in [-0.25, -0.2) is 0 Å². The quantitative estimate of drug-likeness (QED) is 0.679. The molecule has 2 nitrogen and oxygen atoms in total. The second kappa shape index (κ2) is 6.75. The van der Waals surface area contributed by atoms with E-state index in [9.17, 15) is 0 Å². The lowest BCUT2D eigenvalue weighted by Crippen LogP contribution is -2.54. The first-order valence-corrected chi connectivity index (χ1v) is 7.72. The Labute approximate surface area is 107 Å². The molecule has 2 rings (SSSR count). The second-order valence-electron chi connectivity index (χ2n) is 6.38. The molecule has 0 aliphatic carbocycles. The summed E-state index contributed by atoms with van der Waals surface area (Å²) in [5, 5.41) is 0. The lowest BCUT2D eigenvalue weighted by molar-refractivity contribution is 0.0485. The number of hydrogen-bond acceptors (Lipinski definition) is 2. The van der Waals surface area contributed by atoms with E-state index >= 15 is 0 Å². The molecule has 0 aromatic heterocycles. The van der Waals surface area contributed by atoms with Crippen molar-refractivity contribution in [3.8, 4) is 0 Å². The van der Waals surface area contributed by atoms with Crippen LogP contribution in [0.2, 0.25) is 0 Å². The number of hydrogen-bond donors (Lipinski definition) is 0. The van der Waals surface area contributed by atoms with Crippen molar-refractivity contribution in [3.63, 3.8) is 0 Å². The van der Waals surface area contributed by atoms with Crippen molar-refractivity contribution in [2.24, 2.45) is 5.92 Å². The molecule has 0 aromatic carbocycles. The van der Waals surface area contributed by atoms with E-state index in [1.807, 2.05) is 0 Å². The zero-order valence-corrected chi connectivity index (χ0v) is 11.8. The van der Waals surface area contributed by atoms with Crippen LogP contribution in [0.5, 0.6) is 0 Å². The Bertz CT molecular complexity index is 215. The van der Waals surface area contributed by atoms with Gasteiger partial charge in [0.2, 0.25) is 0 Å². The predicted molar refractivity (Wildman–Crippen MR) is 74.3 cm³/mol. The molecule has 2 heterocycles. The highest BCUT2D eigenvalue weighted by Crippen LogP contribution is 2.21. The molecule has 2 aliphatic heterocycles. The van der Waals surface area contributed by atoms with Crippen LogP contribution < -0.4 is 0 Å². The largest absolute Gasteiger partial charge is 0.301 e. The van der Waals surface area contributed by atoms with E-state index in [2.05, 4.69) is 23.6 Å². The van der Waals surface area contributed by atoms with Crippen LogP contribution in [0.4, 0.5) is 0 Å². The highest BCUT2D eigenvalue weighted by Gasteiger charge is 2.28. The smallest absolute Gasteiger partial charge is 0.0223 e. The van der Waals surface area contributed by atoms with E-state index in [1.165, 1.54) is 71.2 Å². The highest BCUT2D eigenvalue weighted by atomic mass is 15.3. The maximum absolute atomic E-state index is 2.73. The van der Waals surface area contributed by atoms with Crippen molar-refractivity contribution in [2.75, 3.05) is 32.7 Å². The van der Waals surface area contributed by atoms with Crippen molar-refractivity contribution in [2.45, 2.75) is 58.4 Å². The molecule has 1 unspecified atom stereocenters. The normalized spacial score (nSPS) is 27.4. The van der Waals surface area contributed by atoms with Gasteiger partial charge in [-0.15, -0.1) is 0 Å². The molecule has 0 aromatic rings. The summed E-state index contributed by atoms with van der Waals surface area (Å²) in [6.07, 6.45) is 8.58. The van der Waals surface area contributed by atoms with E-state index in [0.29, 0.717) is 0 Å². The Morgan fingerprint density at radius 2 is 1.94 bits per heavy atom. The molecule has 17 heavy (non-hydrogen) atoms. The maximum Gasteiger partial charge on any atom is 0.0223 e. The summed E-state index contributed by atoms with van der Waals surface area (Å²) in [6, 6.07) is 0.891. The average molecular weight is 238 g/mol. The topological polar surface area (TPSA) is 6.48 Å². The third-order valence-corrected chi connectivity index (χ3v) is 4.43. The Morgan fingerprint density at radius 3 is 2.76 bits per heavy atom. The van der Waals surface area contributed by atoms with Gasteiger partial charge in [-0.1, -0.05) is 33.1 Å². The standard InChI is InChI=1S/C15H30N2/c1-14(2)7-3-5-9-16-11-12-17-10-6-4-8-15(17)13-16/h14-15H,3-13H2,1-2H3. The minimum Gasteiger partial charge on any atom is -0.301 e. The molecule has 100 valence electrons. The van der Waals surface area contributed by atoms with Crippen molar-refractivity contribution >= 4 is 0 Å². The molecule has 0 N–H and O–H groups in total. The van der Waals surface area contributed by atoms with Gasteiger partial charge in [0.1, 0.15) is 0 Å². The highest BCUT2D eigenvalue weighted by molar-refractivity contribution is 4.84. The SMILES string of the molecule is CC(C)CCCCN1CCN2CCCCC2C1. The number of piperazine rings is 1. The molecule has 0 saturated carbocycles. The fraction of sp³-hybridized carbons (Fsp3) is 1.00. The fourth-order valence-corrected chi connectivity index (χ4v) is 3.31. The van der Waals surface area contributed by atoms with Crippen LogP contribution in [-0.2, 0) is 0 Å². The number of rotatable bonds is 5. The summed E-state index contributed by atoms with van der Waals surface area (Å²) in [4.78, 5) is 5.45. The maximum atomic E-state index is 2.73. The summed E-state index contributed by atoms with van der Waals surface area (Å²) in [5.41, 5.74) is 0. The third kappa shape index (κ3) is 4.26. The van der Waals surface area contributed by atoms with Crippen LogP contribution in [0.1, 0.15) is 52.4 Å². The molecule has 1 atom stereocenters. The molecule has 0 bridgehead atoms. The van der Waals surface area contributed by atoms with Crippen LogP contribution in [0.15, 0.2) is 0 Å². The number of unbranched alkanes of at least 4 members (excludes halogenated alkanes) is 1. The zero-order valence-electron chi connectivity index (χ0n) is 11.8. The average Bonchev–Trinajstić information content (AvgIpc) is 2.34. The number of piperidine rings is 1. The first kappa shape index (κ1) is 13.4. The van der Waals surface area contributed by atoms with Gasteiger partial charge in [-0.3, -0.25) is 4.90 Å². The van der Waals surface area contributed by atoms with Crippen LogP contribution in [0, 0.1) is 5.92 Å². The zero-order chi connectivity index (χ0) is 12.1. The van der Waals surface area contributed by atoms with E-state index in [0.717, 1.165) is 12.0 Å². The summed E-state index contributed by atoms with van der Waals surface area (Å²) in [7, 11) is 0. The Morgan fingerprint density at radius 1 is 1.06 bits per heavy atom. The molecule has 2 fully saturated rings. The third-order valence-electron chi connectivity index (χ3n) is 4.43. The van der Waals surface area contributed by atoms with E-state index < -0.39 is 0 Å². The first-order valence-electron chi connectivity index (χ1n) is 7.72. The van der Waals surface area contributed by atoms with Crippen LogP contribution in [0.3, 0.4) is 0 Å². The van der Waals surface area contributed by atoms with Gasteiger partial charge in [-0.2, -0.15) is 0 Å². The van der Waals surface area contributed by atoms with Crippen molar-refractivity contribution in [1.29, 1.82) is 0 Å². The summed E-state index contributed by atoms with van der Waals surface area (Å²) < 4.78 is 0. The van der Waals surface area contributed by atoms with Gasteiger partial charge in [-0.05, 0) is 38.3 Å². The lowest BCUT2D eigenvalue weighted by Gasteiger charge is -2.44. The summed E-state index contributed by atoms with van der Waals surface area (Å²) in [6.45, 7) is 11.4. The van der Waals surface area contributed by atoms with E-state index in [1.54, 1.807) is 0 Å². The molecular formula is C15H30N2. The Hall–Kier alpha value is -0.0800. The minimum atomic E-state index is 0.880. The molecule has 2 aliphatic rings. The van der Waals surface area contributed by atoms with Crippen molar-refractivity contribution < 1.29 is 0 Å². The van der Waals surface area contributed by atoms with Crippen molar-refractivity contribution in [1.82, 2.24) is 9.80 Å². The summed E-state index contributed by atoms with van der Waals surface area (Å²) >= 11 is 0. The fourth-order valence-electron chi connectivity index (χ4n) is 3.31. The van der Waals surface area contributed by atoms with Gasteiger partial charge < -0.3 is 4.90 Å². The molecular weight excluding hydrogens is 208 g/mol. The first-order chi connectivity index (χ1) is 8.25.